The van der Waals surface area contributed by atoms with Gasteiger partial charge in [-0.1, -0.05) is 17.3 Å². The normalized spacial score (nSPS) is 14.8. The van der Waals surface area contributed by atoms with Crippen molar-refractivity contribution < 1.29 is 18.8 Å². The average Bonchev–Trinajstić information content (AvgIpc) is 3.50. The Morgan fingerprint density at radius 2 is 1.97 bits per heavy atom. The van der Waals surface area contributed by atoms with Crippen LogP contribution >= 0.6 is 0 Å². The van der Waals surface area contributed by atoms with Crippen molar-refractivity contribution in [3.05, 3.63) is 52.6 Å². The molecule has 0 bridgehead atoms. The number of H-pyrrole nitrogens is 1. The highest BCUT2D eigenvalue weighted by Crippen LogP contribution is 2.31. The maximum Gasteiger partial charge on any atom is 0.410 e. The first-order valence-corrected chi connectivity index (χ1v) is 11.8. The van der Waals surface area contributed by atoms with Gasteiger partial charge in [-0.05, 0) is 45.7 Å². The number of fused-ring (bicyclic) bond motifs is 1. The van der Waals surface area contributed by atoms with Crippen LogP contribution in [0, 0.1) is 0 Å². The van der Waals surface area contributed by atoms with Crippen LogP contribution in [0.25, 0.3) is 28.5 Å². The molecule has 11 heteroatoms. The number of amides is 1. The third-order valence-corrected chi connectivity index (χ3v) is 6.08. The highest BCUT2D eigenvalue weighted by atomic mass is 16.6. The number of piperidine rings is 1. The Bertz CT molecular complexity index is 1460. The van der Waals surface area contributed by atoms with E-state index in [-0.39, 0.29) is 23.5 Å². The molecule has 188 valence electrons. The van der Waals surface area contributed by atoms with E-state index < -0.39 is 5.60 Å². The number of hydrogen-bond acceptors (Lipinski definition) is 8. The number of ether oxygens (including phenoxy) is 2. The Morgan fingerprint density at radius 1 is 1.19 bits per heavy atom. The van der Waals surface area contributed by atoms with Crippen LogP contribution in [-0.2, 0) is 4.74 Å². The van der Waals surface area contributed by atoms with Gasteiger partial charge in [-0.2, -0.15) is 10.1 Å². The summed E-state index contributed by atoms with van der Waals surface area (Å²) >= 11 is 0. The van der Waals surface area contributed by atoms with Crippen LogP contribution in [0.5, 0.6) is 5.75 Å². The van der Waals surface area contributed by atoms with Crippen molar-refractivity contribution >= 4 is 11.7 Å². The van der Waals surface area contributed by atoms with Gasteiger partial charge in [0.25, 0.3) is 11.4 Å². The summed E-state index contributed by atoms with van der Waals surface area (Å²) < 4.78 is 18.0. The van der Waals surface area contributed by atoms with Crippen molar-refractivity contribution in [3.8, 4) is 28.6 Å². The zero-order chi connectivity index (χ0) is 25.4. The van der Waals surface area contributed by atoms with E-state index in [1.165, 1.54) is 0 Å². The lowest BCUT2D eigenvalue weighted by Crippen LogP contribution is -2.41. The van der Waals surface area contributed by atoms with E-state index in [2.05, 4.69) is 20.2 Å². The molecule has 1 aliphatic rings. The van der Waals surface area contributed by atoms with Gasteiger partial charge in [-0.15, -0.1) is 0 Å². The lowest BCUT2D eigenvalue weighted by molar-refractivity contribution is 0.0203. The van der Waals surface area contributed by atoms with Crippen molar-refractivity contribution in [2.24, 2.45) is 0 Å². The van der Waals surface area contributed by atoms with Gasteiger partial charge in [0.1, 0.15) is 22.6 Å². The number of methoxy groups -OCH3 is 1. The summed E-state index contributed by atoms with van der Waals surface area (Å²) in [6.45, 7) is 6.63. The van der Waals surface area contributed by atoms with Gasteiger partial charge >= 0.3 is 6.09 Å². The van der Waals surface area contributed by atoms with Crippen LogP contribution < -0.4 is 10.3 Å². The molecule has 0 unspecified atom stereocenters. The molecule has 1 aromatic carbocycles. The summed E-state index contributed by atoms with van der Waals surface area (Å²) in [4.78, 5) is 34.1. The van der Waals surface area contributed by atoms with Crippen molar-refractivity contribution in [2.45, 2.75) is 45.1 Å². The molecule has 0 saturated carbocycles. The molecular weight excluding hydrogens is 464 g/mol. The maximum absolute atomic E-state index is 12.6. The number of benzene rings is 1. The summed E-state index contributed by atoms with van der Waals surface area (Å²) in [5, 5.41) is 8.61. The Kier molecular flexibility index (Phi) is 5.99. The van der Waals surface area contributed by atoms with Crippen LogP contribution in [-0.4, -0.2) is 61.5 Å². The molecule has 0 aliphatic carbocycles. The fourth-order valence-corrected chi connectivity index (χ4v) is 4.36. The van der Waals surface area contributed by atoms with E-state index in [0.717, 1.165) is 11.3 Å². The minimum atomic E-state index is -0.542. The predicted octanol–water partition coefficient (Wildman–Crippen LogP) is 3.86. The Morgan fingerprint density at radius 3 is 2.69 bits per heavy atom. The van der Waals surface area contributed by atoms with Crippen LogP contribution in [0.2, 0.25) is 0 Å². The first-order valence-electron chi connectivity index (χ1n) is 11.8. The largest absolute Gasteiger partial charge is 0.497 e. The third kappa shape index (κ3) is 4.68. The van der Waals surface area contributed by atoms with Crippen molar-refractivity contribution in [2.75, 3.05) is 20.2 Å². The second-order valence-electron chi connectivity index (χ2n) is 9.77. The Hall–Kier alpha value is -4.15. The van der Waals surface area contributed by atoms with E-state index >= 15 is 0 Å². The Labute approximate surface area is 207 Å². The first-order chi connectivity index (χ1) is 17.2. The van der Waals surface area contributed by atoms with Gasteiger partial charge in [-0.25, -0.2) is 9.31 Å². The van der Waals surface area contributed by atoms with Crippen LogP contribution in [0.1, 0.15) is 45.2 Å². The molecule has 11 nitrogen and oxygen atoms in total. The van der Waals surface area contributed by atoms with Crippen LogP contribution in [0.3, 0.4) is 0 Å². The zero-order valence-electron chi connectivity index (χ0n) is 20.6. The number of aromatic amines is 1. The average molecular weight is 493 g/mol. The van der Waals surface area contributed by atoms with E-state index in [9.17, 15) is 9.59 Å². The monoisotopic (exact) mass is 492 g/mol. The zero-order valence-corrected chi connectivity index (χ0v) is 20.6. The highest BCUT2D eigenvalue weighted by Gasteiger charge is 2.29. The number of likely N-dealkylation sites (tertiary alicyclic amines) is 1. The fourth-order valence-electron chi connectivity index (χ4n) is 4.36. The number of nitrogens with one attached hydrogen (secondary N) is 1. The Balaban J connectivity index is 1.40. The second-order valence-corrected chi connectivity index (χ2v) is 9.77. The highest BCUT2D eigenvalue weighted by molar-refractivity contribution is 5.72. The molecular formula is C25H28N6O5. The number of nitrogens with zero attached hydrogens (tertiary/aromatic N) is 5. The van der Waals surface area contributed by atoms with E-state index in [1.807, 2.05) is 45.0 Å². The van der Waals surface area contributed by atoms with Gasteiger partial charge in [0.15, 0.2) is 0 Å². The predicted molar refractivity (Wildman–Crippen MR) is 131 cm³/mol. The van der Waals surface area contributed by atoms with E-state index in [1.54, 1.807) is 28.8 Å². The minimum Gasteiger partial charge on any atom is -0.497 e. The number of carbonyl (C=O) groups is 1. The molecule has 5 rings (SSSR count). The number of aromatic nitrogens is 5. The number of carbonyl (C=O) groups excluding carboxylic acids is 1. The summed E-state index contributed by atoms with van der Waals surface area (Å²) in [7, 11) is 1.59. The molecule has 0 atom stereocenters. The molecule has 1 fully saturated rings. The fraction of sp³-hybridized carbons (Fsp3) is 0.400. The first kappa shape index (κ1) is 23.6. The van der Waals surface area contributed by atoms with Gasteiger partial charge in [0, 0.05) is 30.6 Å². The lowest BCUT2D eigenvalue weighted by Gasteiger charge is -2.33. The molecule has 1 saturated heterocycles. The van der Waals surface area contributed by atoms with Gasteiger partial charge in [0.05, 0.1) is 19.0 Å². The molecule has 0 radical (unpaired) electrons. The molecule has 3 aromatic heterocycles. The summed E-state index contributed by atoms with van der Waals surface area (Å²) in [5.41, 5.74) is 1.73. The van der Waals surface area contributed by atoms with Crippen molar-refractivity contribution in [1.29, 1.82) is 0 Å². The molecule has 1 aliphatic heterocycles. The molecule has 4 heterocycles. The minimum absolute atomic E-state index is 0.0521. The van der Waals surface area contributed by atoms with Crippen LogP contribution in [0.15, 0.2) is 45.8 Å². The van der Waals surface area contributed by atoms with Crippen LogP contribution in [0.4, 0.5) is 4.79 Å². The van der Waals surface area contributed by atoms with Crippen molar-refractivity contribution in [3.63, 3.8) is 0 Å². The molecule has 36 heavy (non-hydrogen) atoms. The smallest absolute Gasteiger partial charge is 0.410 e. The lowest BCUT2D eigenvalue weighted by atomic mass is 9.93. The van der Waals surface area contributed by atoms with Crippen molar-refractivity contribution in [1.82, 2.24) is 29.6 Å². The topological polar surface area (TPSA) is 128 Å². The number of hydrogen-bond donors (Lipinski definition) is 1. The summed E-state index contributed by atoms with van der Waals surface area (Å²) in [5.74, 6) is 1.38. The number of rotatable bonds is 4. The maximum atomic E-state index is 12.6. The summed E-state index contributed by atoms with van der Waals surface area (Å²) in [6, 6.07) is 8.91. The molecule has 4 aromatic rings. The van der Waals surface area contributed by atoms with Gasteiger partial charge < -0.3 is 23.9 Å². The van der Waals surface area contributed by atoms with Gasteiger partial charge in [-0.3, -0.25) is 4.79 Å². The second kappa shape index (κ2) is 9.14. The van der Waals surface area contributed by atoms with E-state index in [0.29, 0.717) is 48.7 Å². The summed E-state index contributed by atoms with van der Waals surface area (Å²) in [6.07, 6.45) is 2.66. The SMILES string of the molecule is COc1cccc(-c2noc(-c3cnn4c(C5CCN(C(=O)OC(C)(C)C)CC5)cc(=O)[nH]c34)n2)c1. The van der Waals surface area contributed by atoms with E-state index in [4.69, 9.17) is 14.0 Å². The quantitative estimate of drug-likeness (QED) is 0.455. The molecule has 1 amide bonds. The molecule has 0 spiro atoms. The third-order valence-electron chi connectivity index (χ3n) is 6.08. The molecule has 1 N–H and O–H groups in total. The van der Waals surface area contributed by atoms with Gasteiger partial charge in [0.2, 0.25) is 5.82 Å². The standard InChI is InChI=1S/C25H28N6O5/c1-25(2,3)35-24(33)30-10-8-15(9-11-30)19-13-20(32)27-22-18(14-26-31(19)22)23-28-21(29-36-23)16-6-5-7-17(12-16)34-4/h5-7,12-15H,8-11H2,1-4H3,(H,27,32).